The van der Waals surface area contributed by atoms with Crippen molar-refractivity contribution in [3.05, 3.63) is 41.5 Å². The number of carbonyl (C=O) groups excluding carboxylic acids is 2. The van der Waals surface area contributed by atoms with E-state index in [0.717, 1.165) is 10.6 Å². The summed E-state index contributed by atoms with van der Waals surface area (Å²) >= 11 is 0. The van der Waals surface area contributed by atoms with Crippen molar-refractivity contribution in [3.8, 4) is 0 Å². The first-order valence-corrected chi connectivity index (χ1v) is 5.36. The van der Waals surface area contributed by atoms with Crippen LogP contribution in [0.1, 0.15) is 12.5 Å². The predicted octanol–water partition coefficient (Wildman–Crippen LogP) is 1.31. The lowest BCUT2D eigenvalue weighted by molar-refractivity contribution is -0.151. The summed E-state index contributed by atoms with van der Waals surface area (Å²) in [6, 6.07) is 9.26. The third kappa shape index (κ3) is 1.76. The topological polar surface area (TPSA) is 40.6 Å². The lowest BCUT2D eigenvalue weighted by Gasteiger charge is -2.21. The van der Waals surface area contributed by atoms with E-state index in [0.29, 0.717) is 11.1 Å². The van der Waals surface area contributed by atoms with Gasteiger partial charge in [-0.15, -0.1) is 0 Å². The van der Waals surface area contributed by atoms with Crippen molar-refractivity contribution < 1.29 is 9.59 Å². The lowest BCUT2D eigenvalue weighted by Crippen LogP contribution is -2.42. The Balaban J connectivity index is 2.49. The Kier molecular flexibility index (Phi) is 2.81. The summed E-state index contributed by atoms with van der Waals surface area (Å²) in [7, 11) is 3.36. The number of hydrogen-bond donors (Lipinski definition) is 0. The van der Waals surface area contributed by atoms with E-state index in [1.807, 2.05) is 30.3 Å². The second kappa shape index (κ2) is 4.14. The monoisotopic (exact) mass is 230 g/mol. The van der Waals surface area contributed by atoms with Crippen LogP contribution < -0.4 is 0 Å². The van der Waals surface area contributed by atoms with E-state index in [9.17, 15) is 9.59 Å². The third-order valence-electron chi connectivity index (χ3n) is 2.76. The highest BCUT2D eigenvalue weighted by atomic mass is 16.2. The number of imide groups is 1. The molecule has 0 aliphatic carbocycles. The van der Waals surface area contributed by atoms with Crippen LogP contribution >= 0.6 is 0 Å². The van der Waals surface area contributed by atoms with Crippen LogP contribution in [0.2, 0.25) is 0 Å². The number of rotatable bonds is 2. The Labute approximate surface area is 100 Å². The Hall–Kier alpha value is -1.94. The van der Waals surface area contributed by atoms with Crippen molar-refractivity contribution in [2.45, 2.75) is 6.92 Å². The van der Waals surface area contributed by atoms with E-state index in [1.54, 1.807) is 21.0 Å². The van der Waals surface area contributed by atoms with Gasteiger partial charge in [-0.3, -0.25) is 9.59 Å². The molecule has 0 atom stereocenters. The lowest BCUT2D eigenvalue weighted by atomic mass is 10.0. The van der Waals surface area contributed by atoms with E-state index in [1.165, 1.54) is 5.01 Å². The summed E-state index contributed by atoms with van der Waals surface area (Å²) in [4.78, 5) is 24.1. The minimum Gasteiger partial charge on any atom is -0.267 e. The van der Waals surface area contributed by atoms with Crippen LogP contribution in [0.25, 0.3) is 5.57 Å². The van der Waals surface area contributed by atoms with Gasteiger partial charge in [-0.05, 0) is 12.5 Å². The molecule has 1 heterocycles. The number of hydrazine groups is 1. The second-order valence-corrected chi connectivity index (χ2v) is 4.14. The Morgan fingerprint density at radius 3 is 2.06 bits per heavy atom. The van der Waals surface area contributed by atoms with Gasteiger partial charge in [-0.1, -0.05) is 30.3 Å². The Bertz CT molecular complexity index is 503. The first-order valence-electron chi connectivity index (χ1n) is 5.36. The van der Waals surface area contributed by atoms with Gasteiger partial charge in [0.05, 0.1) is 5.57 Å². The SMILES string of the molecule is CC1=C(c2ccccc2)C(=O)N(N(C)C)C1=O. The maximum atomic E-state index is 12.2. The molecule has 0 spiro atoms. The average molecular weight is 230 g/mol. The van der Waals surface area contributed by atoms with Crippen LogP contribution in [0.5, 0.6) is 0 Å². The maximum Gasteiger partial charge on any atom is 0.276 e. The molecule has 0 N–H and O–H groups in total. The number of amides is 2. The Morgan fingerprint density at radius 1 is 1.00 bits per heavy atom. The van der Waals surface area contributed by atoms with E-state index in [2.05, 4.69) is 0 Å². The van der Waals surface area contributed by atoms with Crippen molar-refractivity contribution in [2.75, 3.05) is 14.1 Å². The zero-order valence-corrected chi connectivity index (χ0v) is 10.1. The van der Waals surface area contributed by atoms with Gasteiger partial charge in [-0.25, -0.2) is 10.0 Å². The quantitative estimate of drug-likeness (QED) is 0.719. The molecular weight excluding hydrogens is 216 g/mol. The molecule has 0 radical (unpaired) electrons. The first kappa shape index (κ1) is 11.5. The first-order chi connectivity index (χ1) is 8.04. The standard InChI is InChI=1S/C13H14N2O2/c1-9-11(10-7-5-4-6-8-10)13(17)15(12(9)16)14(2)3/h4-8H,1-3H3. The van der Waals surface area contributed by atoms with Gasteiger partial charge in [0.25, 0.3) is 11.8 Å². The molecule has 0 unspecified atom stereocenters. The maximum absolute atomic E-state index is 12.2. The molecule has 4 nitrogen and oxygen atoms in total. The summed E-state index contributed by atoms with van der Waals surface area (Å²) < 4.78 is 0. The molecule has 1 aromatic carbocycles. The van der Waals surface area contributed by atoms with Crippen LogP contribution in [0, 0.1) is 0 Å². The van der Waals surface area contributed by atoms with Crippen molar-refractivity contribution >= 4 is 17.4 Å². The molecule has 0 saturated heterocycles. The molecular formula is C13H14N2O2. The van der Waals surface area contributed by atoms with Crippen LogP contribution in [0.15, 0.2) is 35.9 Å². The average Bonchev–Trinajstić information content (AvgIpc) is 2.51. The van der Waals surface area contributed by atoms with Gasteiger partial charge >= 0.3 is 0 Å². The van der Waals surface area contributed by atoms with Gasteiger partial charge < -0.3 is 0 Å². The van der Waals surface area contributed by atoms with E-state index < -0.39 is 0 Å². The number of hydrogen-bond acceptors (Lipinski definition) is 3. The highest BCUT2D eigenvalue weighted by Crippen LogP contribution is 2.29. The van der Waals surface area contributed by atoms with E-state index in [4.69, 9.17) is 0 Å². The van der Waals surface area contributed by atoms with Crippen LogP contribution in [-0.2, 0) is 9.59 Å². The smallest absolute Gasteiger partial charge is 0.267 e. The van der Waals surface area contributed by atoms with Gasteiger partial charge in [-0.2, -0.15) is 0 Å². The number of benzene rings is 1. The van der Waals surface area contributed by atoms with Gasteiger partial charge in [0.1, 0.15) is 0 Å². The molecule has 2 rings (SSSR count). The number of carbonyl (C=O) groups is 2. The fraction of sp³-hybridized carbons (Fsp3) is 0.231. The Morgan fingerprint density at radius 2 is 1.59 bits per heavy atom. The number of nitrogens with zero attached hydrogens (tertiary/aromatic N) is 2. The molecule has 4 heteroatoms. The molecule has 2 amide bonds. The molecule has 88 valence electrons. The third-order valence-corrected chi connectivity index (χ3v) is 2.76. The minimum atomic E-state index is -0.260. The van der Waals surface area contributed by atoms with Gasteiger partial charge in [0, 0.05) is 19.7 Å². The summed E-state index contributed by atoms with van der Waals surface area (Å²) in [5.74, 6) is -0.512. The summed E-state index contributed by atoms with van der Waals surface area (Å²) in [6.07, 6.45) is 0. The highest BCUT2D eigenvalue weighted by Gasteiger charge is 2.37. The normalized spacial score (nSPS) is 16.4. The molecule has 0 bridgehead atoms. The molecule has 0 aromatic heterocycles. The van der Waals surface area contributed by atoms with Crippen molar-refractivity contribution in [1.82, 2.24) is 10.0 Å². The van der Waals surface area contributed by atoms with Crippen LogP contribution in [0.3, 0.4) is 0 Å². The van der Waals surface area contributed by atoms with Crippen molar-refractivity contribution in [2.24, 2.45) is 0 Å². The fourth-order valence-electron chi connectivity index (χ4n) is 1.93. The highest BCUT2D eigenvalue weighted by molar-refractivity contribution is 6.35. The second-order valence-electron chi connectivity index (χ2n) is 4.14. The molecule has 1 aliphatic rings. The molecule has 0 saturated carbocycles. The summed E-state index contributed by atoms with van der Waals surface area (Å²) in [5.41, 5.74) is 1.77. The molecule has 0 fully saturated rings. The molecule has 17 heavy (non-hydrogen) atoms. The summed E-state index contributed by atoms with van der Waals surface area (Å²) in [6.45, 7) is 1.69. The molecule has 1 aromatic rings. The zero-order chi connectivity index (χ0) is 12.6. The van der Waals surface area contributed by atoms with E-state index >= 15 is 0 Å². The van der Waals surface area contributed by atoms with Crippen LogP contribution in [-0.4, -0.2) is 35.9 Å². The van der Waals surface area contributed by atoms with Gasteiger partial charge in [0.15, 0.2) is 0 Å². The largest absolute Gasteiger partial charge is 0.276 e. The minimum absolute atomic E-state index is 0.251. The summed E-state index contributed by atoms with van der Waals surface area (Å²) in [5, 5.41) is 2.65. The predicted molar refractivity (Wildman–Crippen MR) is 64.6 cm³/mol. The zero-order valence-electron chi connectivity index (χ0n) is 10.1. The van der Waals surface area contributed by atoms with Crippen molar-refractivity contribution in [3.63, 3.8) is 0 Å². The van der Waals surface area contributed by atoms with Crippen molar-refractivity contribution in [1.29, 1.82) is 0 Å². The molecule has 1 aliphatic heterocycles. The van der Waals surface area contributed by atoms with Gasteiger partial charge in [0.2, 0.25) is 0 Å². The van der Waals surface area contributed by atoms with Crippen LogP contribution in [0.4, 0.5) is 0 Å². The van der Waals surface area contributed by atoms with E-state index in [-0.39, 0.29) is 11.8 Å². The fourth-order valence-corrected chi connectivity index (χ4v) is 1.93.